The minimum atomic E-state index is -0.946. The van der Waals surface area contributed by atoms with Crippen LogP contribution in [0.25, 0.3) is 0 Å². The number of carboxylic acid groups (broad SMARTS) is 1. The van der Waals surface area contributed by atoms with Crippen molar-refractivity contribution in [3.63, 3.8) is 0 Å². The van der Waals surface area contributed by atoms with Crippen molar-refractivity contribution >= 4 is 33.4 Å². The average Bonchev–Trinajstić information content (AvgIpc) is 2.44. The van der Waals surface area contributed by atoms with Gasteiger partial charge in [-0.1, -0.05) is 22.9 Å². The van der Waals surface area contributed by atoms with Gasteiger partial charge in [-0.25, -0.2) is 9.78 Å². The number of rotatable bonds is 4. The van der Waals surface area contributed by atoms with E-state index in [-0.39, 0.29) is 5.56 Å². The van der Waals surface area contributed by atoms with Crippen molar-refractivity contribution in [3.8, 4) is 0 Å². The summed E-state index contributed by atoms with van der Waals surface area (Å²) in [5.74, 6) is -0.397. The Kier molecular flexibility index (Phi) is 4.63. The van der Waals surface area contributed by atoms with E-state index in [0.717, 1.165) is 27.0 Å². The number of nitrogens with one attached hydrogen (secondary N) is 1. The Morgan fingerprint density at radius 3 is 2.38 bits per heavy atom. The van der Waals surface area contributed by atoms with Crippen molar-refractivity contribution in [2.45, 2.75) is 27.2 Å². The number of benzene rings is 1. The largest absolute Gasteiger partial charge is 0.478 e. The highest BCUT2D eigenvalue weighted by Crippen LogP contribution is 2.27. The molecule has 4 nitrogen and oxygen atoms in total. The SMILES string of the molecule is CCc1cc(C(=O)O)cc(Nc2cc(C)c(Br)c(C)c2)n1. The molecule has 2 N–H and O–H groups in total. The number of aryl methyl sites for hydroxylation is 3. The summed E-state index contributed by atoms with van der Waals surface area (Å²) in [7, 11) is 0. The van der Waals surface area contributed by atoms with Gasteiger partial charge in [0.25, 0.3) is 0 Å². The first kappa shape index (κ1) is 15.5. The van der Waals surface area contributed by atoms with Gasteiger partial charge in [0.2, 0.25) is 0 Å². The van der Waals surface area contributed by atoms with E-state index in [4.69, 9.17) is 5.11 Å². The van der Waals surface area contributed by atoms with Crippen LogP contribution in [0.1, 0.15) is 34.1 Å². The molecule has 0 atom stereocenters. The zero-order valence-corrected chi connectivity index (χ0v) is 13.8. The van der Waals surface area contributed by atoms with Gasteiger partial charge in [-0.05, 0) is 55.7 Å². The molecule has 21 heavy (non-hydrogen) atoms. The summed E-state index contributed by atoms with van der Waals surface area (Å²) in [4.78, 5) is 15.6. The minimum absolute atomic E-state index is 0.245. The highest BCUT2D eigenvalue weighted by atomic mass is 79.9. The lowest BCUT2D eigenvalue weighted by Gasteiger charge is -2.11. The summed E-state index contributed by atoms with van der Waals surface area (Å²) in [5, 5.41) is 12.3. The minimum Gasteiger partial charge on any atom is -0.478 e. The van der Waals surface area contributed by atoms with Gasteiger partial charge in [-0.15, -0.1) is 0 Å². The number of carboxylic acids is 1. The molecule has 1 aromatic heterocycles. The molecule has 2 aromatic rings. The van der Waals surface area contributed by atoms with E-state index in [1.165, 1.54) is 0 Å². The number of pyridine rings is 1. The van der Waals surface area contributed by atoms with E-state index < -0.39 is 5.97 Å². The highest BCUT2D eigenvalue weighted by Gasteiger charge is 2.09. The number of nitrogens with zero attached hydrogens (tertiary/aromatic N) is 1. The molecule has 5 heteroatoms. The van der Waals surface area contributed by atoms with Crippen LogP contribution < -0.4 is 5.32 Å². The summed E-state index contributed by atoms with van der Waals surface area (Å²) in [5.41, 5.74) is 4.12. The Bertz CT molecular complexity index is 676. The molecule has 0 spiro atoms. The van der Waals surface area contributed by atoms with Gasteiger partial charge in [0, 0.05) is 15.9 Å². The van der Waals surface area contributed by atoms with E-state index in [1.807, 2.05) is 32.9 Å². The van der Waals surface area contributed by atoms with Gasteiger partial charge >= 0.3 is 5.97 Å². The molecular weight excluding hydrogens is 332 g/mol. The van der Waals surface area contributed by atoms with E-state index in [0.29, 0.717) is 12.2 Å². The first-order chi connectivity index (χ1) is 9.90. The van der Waals surface area contributed by atoms with Crippen molar-refractivity contribution < 1.29 is 9.90 Å². The third-order valence-corrected chi connectivity index (χ3v) is 4.45. The van der Waals surface area contributed by atoms with Crippen LogP contribution in [0.4, 0.5) is 11.5 Å². The third kappa shape index (κ3) is 3.61. The zero-order chi connectivity index (χ0) is 15.6. The Labute approximate surface area is 132 Å². The van der Waals surface area contributed by atoms with Crippen LogP contribution in [0.15, 0.2) is 28.7 Å². The summed E-state index contributed by atoms with van der Waals surface area (Å²) in [6.45, 7) is 5.98. The van der Waals surface area contributed by atoms with Crippen LogP contribution >= 0.6 is 15.9 Å². The van der Waals surface area contributed by atoms with Gasteiger partial charge in [0.05, 0.1) is 5.56 Å². The van der Waals surface area contributed by atoms with Gasteiger partial charge in [-0.2, -0.15) is 0 Å². The Morgan fingerprint density at radius 2 is 1.86 bits per heavy atom. The predicted molar refractivity (Wildman–Crippen MR) is 87.5 cm³/mol. The number of aromatic carboxylic acids is 1. The topological polar surface area (TPSA) is 62.2 Å². The molecule has 1 aromatic carbocycles. The average molecular weight is 349 g/mol. The summed E-state index contributed by atoms with van der Waals surface area (Å²) >= 11 is 3.53. The van der Waals surface area contributed by atoms with Crippen LogP contribution in [-0.2, 0) is 6.42 Å². The fourth-order valence-corrected chi connectivity index (χ4v) is 2.35. The Morgan fingerprint density at radius 1 is 1.24 bits per heavy atom. The van der Waals surface area contributed by atoms with Crippen molar-refractivity contribution in [2.24, 2.45) is 0 Å². The number of carbonyl (C=O) groups is 1. The molecule has 110 valence electrons. The second kappa shape index (κ2) is 6.26. The molecule has 0 aliphatic carbocycles. The smallest absolute Gasteiger partial charge is 0.335 e. The van der Waals surface area contributed by atoms with E-state index >= 15 is 0 Å². The first-order valence-electron chi connectivity index (χ1n) is 6.68. The lowest BCUT2D eigenvalue weighted by atomic mass is 10.1. The fourth-order valence-electron chi connectivity index (χ4n) is 2.12. The molecule has 0 unspecified atom stereocenters. The fraction of sp³-hybridized carbons (Fsp3) is 0.250. The predicted octanol–water partition coefficient (Wildman–Crippen LogP) is 4.47. The van der Waals surface area contributed by atoms with Crippen molar-refractivity contribution in [3.05, 3.63) is 51.1 Å². The number of anilines is 2. The van der Waals surface area contributed by atoms with Gasteiger partial charge in [0.15, 0.2) is 0 Å². The van der Waals surface area contributed by atoms with Crippen molar-refractivity contribution in [1.29, 1.82) is 0 Å². The monoisotopic (exact) mass is 348 g/mol. The maximum Gasteiger partial charge on any atom is 0.335 e. The molecule has 2 rings (SSSR count). The van der Waals surface area contributed by atoms with Crippen LogP contribution in [0.3, 0.4) is 0 Å². The molecule has 0 saturated carbocycles. The second-order valence-electron chi connectivity index (χ2n) is 4.94. The van der Waals surface area contributed by atoms with Crippen LogP contribution in [0.2, 0.25) is 0 Å². The Balaban J connectivity index is 2.39. The molecule has 0 radical (unpaired) electrons. The van der Waals surface area contributed by atoms with Gasteiger partial charge in [-0.3, -0.25) is 0 Å². The normalized spacial score (nSPS) is 10.5. The quantitative estimate of drug-likeness (QED) is 0.855. The third-order valence-electron chi connectivity index (χ3n) is 3.20. The molecule has 1 heterocycles. The molecule has 0 aliphatic heterocycles. The number of halogens is 1. The lowest BCUT2D eigenvalue weighted by molar-refractivity contribution is 0.0696. The maximum atomic E-state index is 11.2. The molecule has 0 fully saturated rings. The molecular formula is C16H17BrN2O2. The molecule has 0 aliphatic rings. The highest BCUT2D eigenvalue weighted by molar-refractivity contribution is 9.10. The van der Waals surface area contributed by atoms with Crippen LogP contribution in [-0.4, -0.2) is 16.1 Å². The number of hydrogen-bond donors (Lipinski definition) is 2. The lowest BCUT2D eigenvalue weighted by Crippen LogP contribution is -2.03. The van der Waals surface area contributed by atoms with Gasteiger partial charge < -0.3 is 10.4 Å². The van der Waals surface area contributed by atoms with E-state index in [2.05, 4.69) is 26.2 Å². The molecule has 0 amide bonds. The molecule has 0 saturated heterocycles. The number of hydrogen-bond acceptors (Lipinski definition) is 3. The first-order valence-corrected chi connectivity index (χ1v) is 7.48. The zero-order valence-electron chi connectivity index (χ0n) is 12.2. The second-order valence-corrected chi connectivity index (χ2v) is 5.73. The van der Waals surface area contributed by atoms with E-state index in [9.17, 15) is 4.79 Å². The molecule has 0 bridgehead atoms. The van der Waals surface area contributed by atoms with Crippen LogP contribution in [0, 0.1) is 13.8 Å². The Hall–Kier alpha value is -1.88. The number of aromatic nitrogens is 1. The van der Waals surface area contributed by atoms with Gasteiger partial charge in [0.1, 0.15) is 5.82 Å². The van der Waals surface area contributed by atoms with Crippen LogP contribution in [0.5, 0.6) is 0 Å². The van der Waals surface area contributed by atoms with Crippen molar-refractivity contribution in [2.75, 3.05) is 5.32 Å². The summed E-state index contributed by atoms with van der Waals surface area (Å²) < 4.78 is 1.08. The standard InChI is InChI=1S/C16H17BrN2O2/c1-4-12-7-11(16(20)21)8-14(18-12)19-13-5-9(2)15(17)10(3)6-13/h5-8H,4H2,1-3H3,(H,18,19)(H,20,21). The van der Waals surface area contributed by atoms with Crippen molar-refractivity contribution in [1.82, 2.24) is 4.98 Å². The summed E-state index contributed by atoms with van der Waals surface area (Å²) in [6, 6.07) is 7.15. The maximum absolute atomic E-state index is 11.2. The van der Waals surface area contributed by atoms with E-state index in [1.54, 1.807) is 12.1 Å². The summed E-state index contributed by atoms with van der Waals surface area (Å²) in [6.07, 6.45) is 0.689.